The average Bonchev–Trinajstić information content (AvgIpc) is 3.33. The van der Waals surface area contributed by atoms with E-state index in [0.717, 1.165) is 43.1 Å². The molecule has 146 valence electrons. The second kappa shape index (κ2) is 7.42. The molecule has 29 heavy (non-hydrogen) atoms. The molecule has 0 aliphatic carbocycles. The Kier molecular flexibility index (Phi) is 4.61. The van der Waals surface area contributed by atoms with Gasteiger partial charge in [-0.1, -0.05) is 36.4 Å². The quantitative estimate of drug-likeness (QED) is 0.561. The number of pyridine rings is 1. The van der Waals surface area contributed by atoms with E-state index in [2.05, 4.69) is 44.5 Å². The molecule has 1 amide bonds. The maximum Gasteiger partial charge on any atom is 0.277 e. The minimum absolute atomic E-state index is 0.222. The fourth-order valence-corrected chi connectivity index (χ4v) is 4.74. The highest BCUT2D eigenvalue weighted by Crippen LogP contribution is 2.29. The lowest BCUT2D eigenvalue weighted by Crippen LogP contribution is -2.29. The first-order valence-electron chi connectivity index (χ1n) is 9.66. The molecule has 1 aliphatic heterocycles. The van der Waals surface area contributed by atoms with Crippen LogP contribution in [0.15, 0.2) is 54.7 Å². The van der Waals surface area contributed by atoms with Gasteiger partial charge in [0, 0.05) is 42.8 Å². The van der Waals surface area contributed by atoms with Crippen LogP contribution in [-0.2, 0) is 19.5 Å². The predicted octanol–water partition coefficient (Wildman–Crippen LogP) is 3.91. The smallest absolute Gasteiger partial charge is 0.277 e. The number of aromatic nitrogens is 3. The topological polar surface area (TPSA) is 62.5 Å². The van der Waals surface area contributed by atoms with Crippen LogP contribution in [0.3, 0.4) is 0 Å². The highest BCUT2D eigenvalue weighted by Gasteiger charge is 2.22. The molecule has 0 bridgehead atoms. The Morgan fingerprint density at radius 2 is 2.00 bits per heavy atom. The highest BCUT2D eigenvalue weighted by molar-refractivity contribution is 7.15. The standard InChI is InChI=1S/C22H21N5OS/c1-15-6-5-9-20-23-18(13-27(15)20)21(28)25-22-24-17-10-11-26(14-19(17)29-22)12-16-7-3-2-4-8-16/h2-9,13H,10-12,14H2,1H3,(H,24,25,28). The summed E-state index contributed by atoms with van der Waals surface area (Å²) in [7, 11) is 0. The molecular weight excluding hydrogens is 382 g/mol. The molecule has 7 heteroatoms. The monoisotopic (exact) mass is 403 g/mol. The van der Waals surface area contributed by atoms with Crippen molar-refractivity contribution in [1.82, 2.24) is 19.3 Å². The van der Waals surface area contributed by atoms with Gasteiger partial charge in [0.25, 0.3) is 5.91 Å². The number of anilines is 1. The summed E-state index contributed by atoms with van der Waals surface area (Å²) >= 11 is 1.56. The van der Waals surface area contributed by atoms with Crippen LogP contribution in [0.2, 0.25) is 0 Å². The van der Waals surface area contributed by atoms with E-state index in [0.29, 0.717) is 10.8 Å². The molecule has 0 radical (unpaired) electrons. The first kappa shape index (κ1) is 18.0. The molecule has 4 heterocycles. The third-order valence-corrected chi connectivity index (χ3v) is 6.21. The van der Waals surface area contributed by atoms with Crippen LogP contribution in [0.5, 0.6) is 0 Å². The molecule has 1 aromatic carbocycles. The molecular formula is C22H21N5OS. The predicted molar refractivity (Wildman–Crippen MR) is 114 cm³/mol. The molecule has 1 N–H and O–H groups in total. The van der Waals surface area contributed by atoms with Crippen LogP contribution in [0, 0.1) is 6.92 Å². The fraction of sp³-hybridized carbons (Fsp3) is 0.227. The summed E-state index contributed by atoms with van der Waals surface area (Å²) in [5.41, 5.74) is 4.62. The van der Waals surface area contributed by atoms with Gasteiger partial charge in [0.1, 0.15) is 11.3 Å². The lowest BCUT2D eigenvalue weighted by molar-refractivity contribution is 0.102. The molecule has 1 aliphatic rings. The van der Waals surface area contributed by atoms with Gasteiger partial charge in [0.05, 0.1) is 5.69 Å². The minimum Gasteiger partial charge on any atom is -0.304 e. The number of carbonyl (C=O) groups is 1. The van der Waals surface area contributed by atoms with Gasteiger partial charge in [-0.15, -0.1) is 11.3 Å². The second-order valence-electron chi connectivity index (χ2n) is 7.31. The Morgan fingerprint density at radius 3 is 2.83 bits per heavy atom. The Balaban J connectivity index is 1.29. The van der Waals surface area contributed by atoms with Crippen LogP contribution in [0.1, 0.15) is 32.3 Å². The van der Waals surface area contributed by atoms with E-state index in [-0.39, 0.29) is 5.91 Å². The highest BCUT2D eigenvalue weighted by atomic mass is 32.1. The number of rotatable bonds is 4. The number of nitrogens with zero attached hydrogens (tertiary/aromatic N) is 4. The van der Waals surface area contributed by atoms with E-state index in [9.17, 15) is 4.79 Å². The number of aryl methyl sites for hydroxylation is 1. The average molecular weight is 404 g/mol. The fourth-order valence-electron chi connectivity index (χ4n) is 3.70. The molecule has 0 fully saturated rings. The van der Waals surface area contributed by atoms with E-state index in [1.807, 2.05) is 35.6 Å². The maximum atomic E-state index is 12.7. The van der Waals surface area contributed by atoms with Gasteiger partial charge < -0.3 is 4.40 Å². The van der Waals surface area contributed by atoms with Gasteiger partial charge in [-0.3, -0.25) is 15.0 Å². The summed E-state index contributed by atoms with van der Waals surface area (Å²) in [6, 6.07) is 16.3. The lowest BCUT2D eigenvalue weighted by Gasteiger charge is -2.25. The summed E-state index contributed by atoms with van der Waals surface area (Å²) in [5, 5.41) is 3.58. The van der Waals surface area contributed by atoms with Gasteiger partial charge >= 0.3 is 0 Å². The normalized spacial score (nSPS) is 14.1. The van der Waals surface area contributed by atoms with Crippen molar-refractivity contribution in [3.63, 3.8) is 0 Å². The molecule has 0 atom stereocenters. The van der Waals surface area contributed by atoms with Crippen molar-refractivity contribution in [1.29, 1.82) is 0 Å². The Hall–Kier alpha value is -3.03. The van der Waals surface area contributed by atoms with Crippen molar-refractivity contribution >= 4 is 28.0 Å². The summed E-state index contributed by atoms with van der Waals surface area (Å²) in [5.74, 6) is -0.222. The van der Waals surface area contributed by atoms with Crippen LogP contribution in [-0.4, -0.2) is 31.7 Å². The third-order valence-electron chi connectivity index (χ3n) is 5.21. The van der Waals surface area contributed by atoms with Crippen LogP contribution >= 0.6 is 11.3 Å². The van der Waals surface area contributed by atoms with Gasteiger partial charge in [-0.2, -0.15) is 0 Å². The molecule has 4 aromatic rings. The molecule has 6 nitrogen and oxygen atoms in total. The van der Waals surface area contributed by atoms with Gasteiger partial charge in [-0.05, 0) is 24.6 Å². The molecule has 5 rings (SSSR count). The number of hydrogen-bond donors (Lipinski definition) is 1. The second-order valence-corrected chi connectivity index (χ2v) is 8.39. The zero-order valence-electron chi connectivity index (χ0n) is 16.1. The lowest BCUT2D eigenvalue weighted by atomic mass is 10.1. The summed E-state index contributed by atoms with van der Waals surface area (Å²) < 4.78 is 1.92. The van der Waals surface area contributed by atoms with Crippen LogP contribution < -0.4 is 5.32 Å². The van der Waals surface area contributed by atoms with Crippen LogP contribution in [0.4, 0.5) is 5.13 Å². The Labute approximate surface area is 172 Å². The summed E-state index contributed by atoms with van der Waals surface area (Å²) in [4.78, 5) is 25.4. The van der Waals surface area contributed by atoms with Crippen molar-refractivity contribution in [3.05, 3.63) is 82.3 Å². The van der Waals surface area contributed by atoms with Gasteiger partial charge in [-0.25, -0.2) is 9.97 Å². The zero-order valence-corrected chi connectivity index (χ0v) is 16.9. The largest absolute Gasteiger partial charge is 0.304 e. The SMILES string of the molecule is Cc1cccc2nc(C(=O)Nc3nc4c(s3)CN(Cc3ccccc3)CC4)cn12. The van der Waals surface area contributed by atoms with E-state index < -0.39 is 0 Å². The number of fused-ring (bicyclic) bond motifs is 2. The van der Waals surface area contributed by atoms with Gasteiger partial charge in [0.15, 0.2) is 5.13 Å². The zero-order chi connectivity index (χ0) is 19.8. The molecule has 0 saturated carbocycles. The van der Waals surface area contributed by atoms with Crippen molar-refractivity contribution in [2.24, 2.45) is 0 Å². The molecule has 0 unspecified atom stereocenters. The van der Waals surface area contributed by atoms with E-state index >= 15 is 0 Å². The van der Waals surface area contributed by atoms with E-state index in [1.54, 1.807) is 17.5 Å². The third kappa shape index (κ3) is 3.66. The number of amides is 1. The number of thiazole rings is 1. The van der Waals surface area contributed by atoms with Crippen molar-refractivity contribution in [2.45, 2.75) is 26.4 Å². The summed E-state index contributed by atoms with van der Waals surface area (Å²) in [6.45, 7) is 4.77. The molecule has 3 aromatic heterocycles. The first-order chi connectivity index (χ1) is 14.2. The van der Waals surface area contributed by atoms with Crippen molar-refractivity contribution < 1.29 is 4.79 Å². The van der Waals surface area contributed by atoms with Crippen molar-refractivity contribution in [2.75, 3.05) is 11.9 Å². The Morgan fingerprint density at radius 1 is 1.14 bits per heavy atom. The number of benzene rings is 1. The minimum atomic E-state index is -0.222. The van der Waals surface area contributed by atoms with E-state index in [1.165, 1.54) is 10.4 Å². The van der Waals surface area contributed by atoms with Crippen molar-refractivity contribution in [3.8, 4) is 0 Å². The number of carbonyl (C=O) groups excluding carboxylic acids is 1. The number of imidazole rings is 1. The molecule has 0 saturated heterocycles. The Bertz CT molecular complexity index is 1180. The molecule has 0 spiro atoms. The van der Waals surface area contributed by atoms with Crippen LogP contribution in [0.25, 0.3) is 5.65 Å². The summed E-state index contributed by atoms with van der Waals surface area (Å²) in [6.07, 6.45) is 2.68. The maximum absolute atomic E-state index is 12.7. The van der Waals surface area contributed by atoms with E-state index in [4.69, 9.17) is 0 Å². The number of nitrogens with one attached hydrogen (secondary N) is 1. The number of hydrogen-bond acceptors (Lipinski definition) is 5. The van der Waals surface area contributed by atoms with Gasteiger partial charge in [0.2, 0.25) is 0 Å². The first-order valence-corrected chi connectivity index (χ1v) is 10.5.